The lowest BCUT2D eigenvalue weighted by molar-refractivity contribution is 1.39. The van der Waals surface area contributed by atoms with Crippen molar-refractivity contribution in [2.75, 3.05) is 0 Å². The van der Waals surface area contributed by atoms with E-state index in [4.69, 9.17) is 0 Å². The van der Waals surface area contributed by atoms with Crippen LogP contribution in [0.3, 0.4) is 0 Å². The first kappa shape index (κ1) is 16.5. The first-order valence-electron chi connectivity index (χ1n) is 7.59. The molecule has 0 radical (unpaired) electrons. The van der Waals surface area contributed by atoms with Gasteiger partial charge in [-0.05, 0) is 56.8 Å². The molecule has 0 aliphatic carbocycles. The van der Waals surface area contributed by atoms with Crippen LogP contribution in [0.5, 0.6) is 0 Å². The molecule has 0 unspecified atom stereocenters. The fraction of sp³-hybridized carbons (Fsp3) is 0.100. The normalized spacial score (nSPS) is 11.3. The molecule has 0 nitrogen and oxygen atoms in total. The Hall–Kier alpha value is -0.940. The topological polar surface area (TPSA) is 0 Å². The van der Waals surface area contributed by atoms with Gasteiger partial charge in [-0.25, -0.2) is 0 Å². The molecule has 4 aromatic rings. The summed E-state index contributed by atoms with van der Waals surface area (Å²) in [6.07, 6.45) is 0. The van der Waals surface area contributed by atoms with Crippen LogP contribution in [-0.2, 0) is 0 Å². The first-order chi connectivity index (χ1) is 11.5. The van der Waals surface area contributed by atoms with Gasteiger partial charge in [0.2, 0.25) is 0 Å². The molecule has 0 bridgehead atoms. The van der Waals surface area contributed by atoms with Crippen LogP contribution in [0.25, 0.3) is 30.3 Å². The van der Waals surface area contributed by atoms with Gasteiger partial charge in [-0.1, -0.05) is 59.7 Å². The highest BCUT2D eigenvalue weighted by atomic mass is 79.9. The summed E-state index contributed by atoms with van der Waals surface area (Å²) in [4.78, 5) is 2.60. The van der Waals surface area contributed by atoms with Crippen molar-refractivity contribution < 1.29 is 0 Å². The molecule has 0 saturated carbocycles. The Morgan fingerprint density at radius 2 is 1.17 bits per heavy atom. The van der Waals surface area contributed by atoms with Crippen molar-refractivity contribution in [2.45, 2.75) is 13.8 Å². The van der Waals surface area contributed by atoms with E-state index in [1.54, 1.807) is 0 Å². The summed E-state index contributed by atoms with van der Waals surface area (Å²) in [5, 5.41) is 0. The molecule has 4 rings (SSSR count). The summed E-state index contributed by atoms with van der Waals surface area (Å²) >= 11 is 11.4. The Balaban J connectivity index is 1.91. The number of benzene rings is 2. The van der Waals surface area contributed by atoms with Crippen molar-refractivity contribution in [3.63, 3.8) is 0 Å². The van der Waals surface area contributed by atoms with Gasteiger partial charge in [0.15, 0.2) is 0 Å². The Bertz CT molecular complexity index is 1020. The van der Waals surface area contributed by atoms with Crippen molar-refractivity contribution in [2.24, 2.45) is 0 Å². The molecular weight excluding hydrogens is 464 g/mol. The number of hydrogen-bond acceptors (Lipinski definition) is 2. The van der Waals surface area contributed by atoms with E-state index in [1.807, 2.05) is 22.7 Å². The third kappa shape index (κ3) is 2.80. The molecule has 0 fully saturated rings. The first-order valence-corrected chi connectivity index (χ1v) is 10.8. The number of fused-ring (bicyclic) bond motifs is 1. The number of hydrogen-bond donors (Lipinski definition) is 0. The minimum absolute atomic E-state index is 1.20. The Morgan fingerprint density at radius 3 is 1.71 bits per heavy atom. The summed E-state index contributed by atoms with van der Waals surface area (Å²) in [7, 11) is 0. The minimum Gasteiger partial charge on any atom is -0.132 e. The Morgan fingerprint density at radius 1 is 0.667 bits per heavy atom. The third-order valence-electron chi connectivity index (χ3n) is 3.93. The van der Waals surface area contributed by atoms with E-state index in [-0.39, 0.29) is 0 Å². The van der Waals surface area contributed by atoms with Gasteiger partial charge >= 0.3 is 0 Å². The smallest absolute Gasteiger partial charge is 0.0618 e. The molecule has 0 N–H and O–H groups in total. The van der Waals surface area contributed by atoms with Crippen LogP contribution in [0.1, 0.15) is 11.1 Å². The average Bonchev–Trinajstić information content (AvgIpc) is 3.05. The van der Waals surface area contributed by atoms with Gasteiger partial charge in [0.1, 0.15) is 0 Å². The van der Waals surface area contributed by atoms with Gasteiger partial charge in [-0.15, -0.1) is 22.7 Å². The van der Waals surface area contributed by atoms with Gasteiger partial charge in [-0.2, -0.15) is 0 Å². The molecule has 0 spiro atoms. The summed E-state index contributed by atoms with van der Waals surface area (Å²) in [5.74, 6) is 0. The second-order valence-electron chi connectivity index (χ2n) is 5.89. The fourth-order valence-corrected chi connectivity index (χ4v) is 7.47. The number of thiophene rings is 2. The van der Waals surface area contributed by atoms with Gasteiger partial charge in [0.25, 0.3) is 0 Å². The van der Waals surface area contributed by atoms with E-state index in [0.717, 1.165) is 0 Å². The van der Waals surface area contributed by atoms with Crippen LogP contribution in [-0.4, -0.2) is 0 Å². The maximum Gasteiger partial charge on any atom is 0.0618 e. The zero-order valence-electron chi connectivity index (χ0n) is 13.2. The highest BCUT2D eigenvalue weighted by Gasteiger charge is 2.20. The average molecular weight is 478 g/mol. The van der Waals surface area contributed by atoms with Crippen molar-refractivity contribution in [1.82, 2.24) is 0 Å². The van der Waals surface area contributed by atoms with Crippen LogP contribution < -0.4 is 0 Å². The lowest BCUT2D eigenvalue weighted by Gasteiger charge is -2.04. The maximum absolute atomic E-state index is 3.86. The monoisotopic (exact) mass is 476 g/mol. The predicted octanol–water partition coefficient (Wildman–Crippen LogP) is 8.44. The van der Waals surface area contributed by atoms with E-state index >= 15 is 0 Å². The summed E-state index contributed by atoms with van der Waals surface area (Å²) in [6.45, 7) is 4.31. The molecule has 120 valence electrons. The highest BCUT2D eigenvalue weighted by molar-refractivity contribution is 9.11. The van der Waals surface area contributed by atoms with Crippen LogP contribution in [0.15, 0.2) is 57.5 Å². The maximum atomic E-state index is 3.86. The summed E-state index contributed by atoms with van der Waals surface area (Å²) in [6, 6.07) is 17.3. The number of aryl methyl sites for hydroxylation is 2. The second kappa shape index (κ2) is 6.41. The predicted molar refractivity (Wildman–Crippen MR) is 115 cm³/mol. The molecule has 24 heavy (non-hydrogen) atoms. The largest absolute Gasteiger partial charge is 0.132 e. The van der Waals surface area contributed by atoms with E-state index in [1.165, 1.54) is 50.4 Å². The lowest BCUT2D eigenvalue weighted by Crippen LogP contribution is -1.80. The second-order valence-corrected chi connectivity index (χ2v) is 9.52. The number of rotatable bonds is 2. The van der Waals surface area contributed by atoms with Gasteiger partial charge < -0.3 is 0 Å². The fourth-order valence-electron chi connectivity index (χ4n) is 2.95. The van der Waals surface area contributed by atoms with Crippen LogP contribution >= 0.6 is 54.5 Å². The minimum atomic E-state index is 1.20. The molecule has 4 heteroatoms. The van der Waals surface area contributed by atoms with Crippen molar-refractivity contribution in [1.29, 1.82) is 0 Å². The molecule has 2 aromatic carbocycles. The Kier molecular flexibility index (Phi) is 4.42. The van der Waals surface area contributed by atoms with Crippen molar-refractivity contribution in [3.8, 4) is 20.9 Å². The van der Waals surface area contributed by atoms with E-state index in [0.29, 0.717) is 0 Å². The summed E-state index contributed by atoms with van der Waals surface area (Å²) < 4.78 is 5.05. The van der Waals surface area contributed by atoms with E-state index < -0.39 is 0 Å². The van der Waals surface area contributed by atoms with Gasteiger partial charge in [0, 0.05) is 0 Å². The molecule has 0 aliphatic rings. The van der Waals surface area contributed by atoms with Crippen molar-refractivity contribution >= 4 is 63.9 Å². The zero-order chi connectivity index (χ0) is 16.8. The van der Waals surface area contributed by atoms with E-state index in [9.17, 15) is 0 Å². The third-order valence-corrected chi connectivity index (χ3v) is 9.21. The molecule has 0 amide bonds. The quantitative estimate of drug-likeness (QED) is 0.271. The van der Waals surface area contributed by atoms with Gasteiger partial charge in [0.05, 0.1) is 28.1 Å². The molecule has 0 atom stereocenters. The molecular formula is C20H14Br2S2. The van der Waals surface area contributed by atoms with Gasteiger partial charge in [-0.3, -0.25) is 0 Å². The summed E-state index contributed by atoms with van der Waals surface area (Å²) in [5.41, 5.74) is 5.16. The van der Waals surface area contributed by atoms with Crippen molar-refractivity contribution in [3.05, 3.63) is 68.6 Å². The molecule has 2 heterocycles. The number of halogens is 2. The van der Waals surface area contributed by atoms with Crippen LogP contribution in [0.2, 0.25) is 0 Å². The lowest BCUT2D eigenvalue weighted by atomic mass is 10.1. The van der Waals surface area contributed by atoms with E-state index in [2.05, 4.69) is 94.2 Å². The SMILES string of the molecule is Cc1cc(C)cc(-c2sc3c(Br)c(-c4ccccc4)sc3c2Br)c1. The molecule has 0 saturated heterocycles. The zero-order valence-corrected chi connectivity index (χ0v) is 18.0. The van der Waals surface area contributed by atoms with Crippen LogP contribution in [0, 0.1) is 13.8 Å². The standard InChI is InChI=1S/C20H14Br2S2/c1-11-8-12(2)10-14(9-11)18-16(22)20-19(24-18)15(21)17(23-20)13-6-4-3-5-7-13/h3-10H,1-2H3. The van der Waals surface area contributed by atoms with Crippen LogP contribution in [0.4, 0.5) is 0 Å². The molecule has 2 aromatic heterocycles. The highest BCUT2D eigenvalue weighted by Crippen LogP contribution is 2.52. The Labute approximate surface area is 166 Å². The molecule has 0 aliphatic heterocycles.